The molecule has 0 spiro atoms. The minimum Gasteiger partial charge on any atom is -0.445 e. The summed E-state index contributed by atoms with van der Waals surface area (Å²) >= 11 is 0. The largest absolute Gasteiger partial charge is 0.445 e. The molecule has 1 amide bonds. The summed E-state index contributed by atoms with van der Waals surface area (Å²) in [6, 6.07) is 9.96. The molecule has 2 unspecified atom stereocenters. The highest BCUT2D eigenvalue weighted by Gasteiger charge is 2.41. The number of carbonyl (C=O) groups excluding carboxylic acids is 1. The number of fused-ring (bicyclic) bond motifs is 3. The summed E-state index contributed by atoms with van der Waals surface area (Å²) in [6.07, 6.45) is 7.05. The van der Waals surface area contributed by atoms with Crippen LogP contribution in [-0.2, 0) is 11.3 Å². The highest BCUT2D eigenvalue weighted by atomic mass is 19.1. The SMILES string of the molecule is NC(=O)OCc1cc(F)cc(N2CCCC3C2CCN3c2cc(N3CC4CC(C4)C3)ccn2)c1. The normalized spacial score (nSPS) is 27.9. The number of carbonyl (C=O) groups is 1. The first-order valence-corrected chi connectivity index (χ1v) is 12.5. The van der Waals surface area contributed by atoms with Crippen molar-refractivity contribution in [3.8, 4) is 0 Å². The van der Waals surface area contributed by atoms with Crippen molar-refractivity contribution in [1.29, 1.82) is 0 Å². The molecule has 5 aliphatic rings. The second-order valence-corrected chi connectivity index (χ2v) is 10.4. The number of ether oxygens (including phenoxy) is 1. The quantitative estimate of drug-likeness (QED) is 0.722. The first-order chi connectivity index (χ1) is 16.5. The number of nitrogens with zero attached hydrogens (tertiary/aromatic N) is 4. The van der Waals surface area contributed by atoms with E-state index in [9.17, 15) is 9.18 Å². The van der Waals surface area contributed by atoms with Gasteiger partial charge >= 0.3 is 6.09 Å². The van der Waals surface area contributed by atoms with Crippen molar-refractivity contribution in [2.24, 2.45) is 17.6 Å². The lowest BCUT2D eigenvalue weighted by Crippen LogP contribution is -2.50. The molecular weight excluding hydrogens is 433 g/mol. The van der Waals surface area contributed by atoms with Crippen molar-refractivity contribution in [3.63, 3.8) is 0 Å². The molecule has 1 aromatic heterocycles. The molecule has 2 aromatic rings. The molecular formula is C26H32FN5O2. The zero-order valence-corrected chi connectivity index (χ0v) is 19.4. The second-order valence-electron chi connectivity index (χ2n) is 10.4. The van der Waals surface area contributed by atoms with E-state index < -0.39 is 6.09 Å². The Morgan fingerprint density at radius 3 is 2.62 bits per heavy atom. The minimum atomic E-state index is -0.855. The summed E-state index contributed by atoms with van der Waals surface area (Å²) in [4.78, 5) is 23.1. The van der Waals surface area contributed by atoms with E-state index in [1.807, 2.05) is 12.3 Å². The number of piperidine rings is 3. The van der Waals surface area contributed by atoms with E-state index in [4.69, 9.17) is 15.5 Å². The van der Waals surface area contributed by atoms with Gasteiger partial charge in [0.2, 0.25) is 0 Å². The van der Waals surface area contributed by atoms with Crippen molar-refractivity contribution >= 4 is 23.3 Å². The van der Waals surface area contributed by atoms with Gasteiger partial charge in [-0.15, -0.1) is 0 Å². The smallest absolute Gasteiger partial charge is 0.404 e. The summed E-state index contributed by atoms with van der Waals surface area (Å²) in [5, 5.41) is 0. The van der Waals surface area contributed by atoms with Gasteiger partial charge in [0.1, 0.15) is 18.2 Å². The van der Waals surface area contributed by atoms with E-state index in [2.05, 4.69) is 26.8 Å². The van der Waals surface area contributed by atoms with Crippen molar-refractivity contribution in [3.05, 3.63) is 47.9 Å². The van der Waals surface area contributed by atoms with Crippen molar-refractivity contribution in [2.45, 2.75) is 50.8 Å². The van der Waals surface area contributed by atoms with E-state index in [-0.39, 0.29) is 12.4 Å². The average molecular weight is 466 g/mol. The Balaban J connectivity index is 1.21. The maximum absolute atomic E-state index is 14.4. The number of hydrogen-bond acceptors (Lipinski definition) is 6. The number of hydrogen-bond donors (Lipinski definition) is 1. The topological polar surface area (TPSA) is 74.9 Å². The minimum absolute atomic E-state index is 0.0247. The van der Waals surface area contributed by atoms with E-state index in [1.54, 1.807) is 6.07 Å². The lowest BCUT2D eigenvalue weighted by molar-refractivity contribution is 0.150. The highest BCUT2D eigenvalue weighted by molar-refractivity contribution is 5.64. The molecule has 1 aromatic carbocycles. The fourth-order valence-corrected chi connectivity index (χ4v) is 6.67. The van der Waals surface area contributed by atoms with Crippen molar-refractivity contribution in [2.75, 3.05) is 40.9 Å². The fourth-order valence-electron chi connectivity index (χ4n) is 6.67. The third kappa shape index (κ3) is 4.03. The zero-order chi connectivity index (χ0) is 23.2. The van der Waals surface area contributed by atoms with E-state index in [0.717, 1.165) is 55.7 Å². The van der Waals surface area contributed by atoms with Crippen LogP contribution >= 0.6 is 0 Å². The Morgan fingerprint density at radius 1 is 1.03 bits per heavy atom. The number of primary amides is 1. The van der Waals surface area contributed by atoms with Crippen LogP contribution in [-0.4, -0.2) is 49.3 Å². The number of rotatable bonds is 5. The zero-order valence-electron chi connectivity index (χ0n) is 19.4. The molecule has 34 heavy (non-hydrogen) atoms. The van der Waals surface area contributed by atoms with Gasteiger partial charge in [0, 0.05) is 49.8 Å². The molecule has 5 heterocycles. The number of pyridine rings is 1. The third-order valence-electron chi connectivity index (χ3n) is 8.14. The molecule has 7 nitrogen and oxygen atoms in total. The number of benzene rings is 1. The van der Waals surface area contributed by atoms with Gasteiger partial charge in [-0.05, 0) is 73.8 Å². The van der Waals surface area contributed by atoms with Crippen LogP contribution in [0.15, 0.2) is 36.5 Å². The molecule has 2 N–H and O–H groups in total. The standard InChI is InChI=1S/C26H32FN5O2/c27-20-10-19(16-34-26(28)33)11-22(12-20)31-6-1-2-23-24(31)4-7-32(23)25-13-21(3-5-29-25)30-14-17-8-18(9-17)15-30/h3,5,10-13,17-18,23-24H,1-2,4,6-9,14-16H2,(H2,28,33). The monoisotopic (exact) mass is 465 g/mol. The molecule has 5 fully saturated rings. The third-order valence-corrected chi connectivity index (χ3v) is 8.14. The predicted octanol–water partition coefficient (Wildman–Crippen LogP) is 3.91. The van der Waals surface area contributed by atoms with Gasteiger partial charge in [-0.2, -0.15) is 0 Å². The summed E-state index contributed by atoms with van der Waals surface area (Å²) in [5.74, 6) is 2.46. The van der Waals surface area contributed by atoms with Gasteiger partial charge in [0.25, 0.3) is 0 Å². The Morgan fingerprint density at radius 2 is 1.82 bits per heavy atom. The molecule has 4 aliphatic heterocycles. The molecule has 4 saturated heterocycles. The molecule has 2 atom stereocenters. The molecule has 1 aliphatic carbocycles. The Kier molecular flexibility index (Phi) is 5.46. The Labute approximate surface area is 199 Å². The van der Waals surface area contributed by atoms with Crippen LogP contribution in [0.2, 0.25) is 0 Å². The molecule has 8 heteroatoms. The first-order valence-electron chi connectivity index (χ1n) is 12.5. The second kappa shape index (κ2) is 8.64. The molecule has 7 rings (SSSR count). The lowest BCUT2D eigenvalue weighted by Gasteiger charge is -2.48. The van der Waals surface area contributed by atoms with Gasteiger partial charge in [0.15, 0.2) is 0 Å². The van der Waals surface area contributed by atoms with Crippen LogP contribution in [0.3, 0.4) is 0 Å². The number of halogens is 1. The number of nitrogens with two attached hydrogens (primary N) is 1. The van der Waals surface area contributed by atoms with E-state index in [1.165, 1.54) is 37.7 Å². The lowest BCUT2D eigenvalue weighted by atomic mass is 9.71. The first kappa shape index (κ1) is 21.5. The van der Waals surface area contributed by atoms with Crippen LogP contribution in [0, 0.1) is 17.7 Å². The summed E-state index contributed by atoms with van der Waals surface area (Å²) in [6.45, 7) is 4.14. The molecule has 2 bridgehead atoms. The van der Waals surface area contributed by atoms with E-state index in [0.29, 0.717) is 17.6 Å². The number of aromatic nitrogens is 1. The number of amides is 1. The van der Waals surface area contributed by atoms with Crippen LogP contribution in [0.25, 0.3) is 0 Å². The summed E-state index contributed by atoms with van der Waals surface area (Å²) in [7, 11) is 0. The fraction of sp³-hybridized carbons (Fsp3) is 0.538. The van der Waals surface area contributed by atoms with Gasteiger partial charge in [-0.1, -0.05) is 0 Å². The van der Waals surface area contributed by atoms with Gasteiger partial charge in [0.05, 0.1) is 12.1 Å². The van der Waals surface area contributed by atoms with Gasteiger partial charge in [-0.25, -0.2) is 14.2 Å². The van der Waals surface area contributed by atoms with Crippen LogP contribution in [0.1, 0.15) is 37.7 Å². The van der Waals surface area contributed by atoms with Gasteiger partial charge < -0.3 is 25.2 Å². The van der Waals surface area contributed by atoms with Crippen LogP contribution in [0.4, 0.5) is 26.4 Å². The van der Waals surface area contributed by atoms with Crippen LogP contribution in [0.5, 0.6) is 0 Å². The maximum atomic E-state index is 14.4. The number of anilines is 3. The molecule has 180 valence electrons. The maximum Gasteiger partial charge on any atom is 0.404 e. The Hall–Kier alpha value is -3.03. The average Bonchev–Trinajstić information content (AvgIpc) is 3.26. The Bertz CT molecular complexity index is 1060. The summed E-state index contributed by atoms with van der Waals surface area (Å²) < 4.78 is 19.3. The predicted molar refractivity (Wildman–Crippen MR) is 130 cm³/mol. The molecule has 0 radical (unpaired) electrons. The van der Waals surface area contributed by atoms with Crippen LogP contribution < -0.4 is 20.4 Å². The highest BCUT2D eigenvalue weighted by Crippen LogP contribution is 2.42. The van der Waals surface area contributed by atoms with E-state index >= 15 is 0 Å². The molecule has 1 saturated carbocycles. The van der Waals surface area contributed by atoms with Gasteiger partial charge in [-0.3, -0.25) is 0 Å². The van der Waals surface area contributed by atoms with Crippen molar-refractivity contribution < 1.29 is 13.9 Å². The van der Waals surface area contributed by atoms with Crippen molar-refractivity contribution in [1.82, 2.24) is 4.98 Å². The summed E-state index contributed by atoms with van der Waals surface area (Å²) in [5.41, 5.74) is 7.83.